The van der Waals surface area contributed by atoms with Crippen LogP contribution in [0.1, 0.15) is 30.0 Å². The number of hydrogen-bond acceptors (Lipinski definition) is 3. The molecular weight excluding hydrogens is 312 g/mol. The quantitative estimate of drug-likeness (QED) is 0.914. The van der Waals surface area contributed by atoms with E-state index in [4.69, 9.17) is 5.11 Å². The molecule has 0 unspecified atom stereocenters. The minimum Gasteiger partial charge on any atom is -0.478 e. The van der Waals surface area contributed by atoms with E-state index in [1.54, 1.807) is 16.8 Å². The zero-order chi connectivity index (χ0) is 14.0. The Hall–Kier alpha value is -1.63. The van der Waals surface area contributed by atoms with Gasteiger partial charge in [-0.3, -0.25) is 0 Å². The first kappa shape index (κ1) is 13.8. The molecule has 0 atom stereocenters. The van der Waals surface area contributed by atoms with Gasteiger partial charge in [-0.05, 0) is 27.9 Å². The van der Waals surface area contributed by atoms with Crippen molar-refractivity contribution in [3.8, 4) is 0 Å². The van der Waals surface area contributed by atoms with Gasteiger partial charge in [-0.25, -0.2) is 14.5 Å². The van der Waals surface area contributed by atoms with Crippen LogP contribution in [0.2, 0.25) is 0 Å². The highest BCUT2D eigenvalue weighted by Crippen LogP contribution is 2.17. The van der Waals surface area contributed by atoms with Crippen molar-refractivity contribution in [3.05, 3.63) is 34.6 Å². The van der Waals surface area contributed by atoms with Crippen LogP contribution in [0.25, 0.3) is 0 Å². The number of halogens is 1. The third kappa shape index (κ3) is 3.23. The number of rotatable bonds is 5. The zero-order valence-corrected chi connectivity index (χ0v) is 12.3. The minimum absolute atomic E-state index is 0.252. The van der Waals surface area contributed by atoms with Crippen molar-refractivity contribution in [2.24, 2.45) is 5.92 Å². The molecule has 0 saturated carbocycles. The van der Waals surface area contributed by atoms with E-state index in [2.05, 4.69) is 39.9 Å². The summed E-state index contributed by atoms with van der Waals surface area (Å²) in [7, 11) is 0. The Labute approximate surface area is 119 Å². The fourth-order valence-corrected chi connectivity index (χ4v) is 2.25. The van der Waals surface area contributed by atoms with E-state index in [1.807, 2.05) is 4.68 Å². The third-order valence-corrected chi connectivity index (χ3v) is 3.32. The monoisotopic (exact) mass is 326 g/mol. The SMILES string of the molecule is CC(C)Cn1ncnc1Cn1cc(C(=O)O)cc1Br. The largest absolute Gasteiger partial charge is 0.478 e. The summed E-state index contributed by atoms with van der Waals surface area (Å²) in [5.74, 6) is 0.341. The van der Waals surface area contributed by atoms with Crippen LogP contribution in [0, 0.1) is 5.92 Å². The molecule has 0 radical (unpaired) electrons. The van der Waals surface area contributed by atoms with Gasteiger partial charge in [0, 0.05) is 12.7 Å². The molecule has 102 valence electrons. The fourth-order valence-electron chi connectivity index (χ4n) is 1.78. The van der Waals surface area contributed by atoms with E-state index >= 15 is 0 Å². The first-order valence-electron chi connectivity index (χ1n) is 5.93. The Morgan fingerprint density at radius 1 is 1.53 bits per heavy atom. The second kappa shape index (κ2) is 5.56. The van der Waals surface area contributed by atoms with Crippen LogP contribution in [0.15, 0.2) is 23.2 Å². The van der Waals surface area contributed by atoms with Crippen LogP contribution in [0.3, 0.4) is 0 Å². The van der Waals surface area contributed by atoms with Crippen molar-refractivity contribution in [2.45, 2.75) is 26.9 Å². The Kier molecular flexibility index (Phi) is 4.04. The van der Waals surface area contributed by atoms with Crippen molar-refractivity contribution in [1.82, 2.24) is 19.3 Å². The molecule has 0 fully saturated rings. The maximum atomic E-state index is 10.9. The normalized spacial score (nSPS) is 11.2. The summed E-state index contributed by atoms with van der Waals surface area (Å²) in [5.41, 5.74) is 0.252. The second-order valence-electron chi connectivity index (χ2n) is 4.74. The molecule has 0 amide bonds. The Bertz CT molecular complexity index is 588. The molecular formula is C12H15BrN4O2. The number of nitrogens with zero attached hydrogens (tertiary/aromatic N) is 4. The Morgan fingerprint density at radius 2 is 2.26 bits per heavy atom. The van der Waals surface area contributed by atoms with Gasteiger partial charge in [0.05, 0.1) is 16.7 Å². The van der Waals surface area contributed by atoms with Gasteiger partial charge >= 0.3 is 5.97 Å². The average molecular weight is 327 g/mol. The molecule has 2 aromatic heterocycles. The molecule has 2 rings (SSSR count). The topological polar surface area (TPSA) is 72.9 Å². The molecule has 0 bridgehead atoms. The first-order valence-corrected chi connectivity index (χ1v) is 6.72. The lowest BCUT2D eigenvalue weighted by Gasteiger charge is -2.09. The average Bonchev–Trinajstić information content (AvgIpc) is 2.87. The van der Waals surface area contributed by atoms with Crippen LogP contribution < -0.4 is 0 Å². The summed E-state index contributed by atoms with van der Waals surface area (Å²) < 4.78 is 4.35. The molecule has 19 heavy (non-hydrogen) atoms. The van der Waals surface area contributed by atoms with E-state index in [-0.39, 0.29) is 5.56 Å². The molecule has 0 aliphatic heterocycles. The number of aromatic carboxylic acids is 1. The summed E-state index contributed by atoms with van der Waals surface area (Å²) in [6.45, 7) is 5.50. The molecule has 2 aromatic rings. The van der Waals surface area contributed by atoms with E-state index in [0.29, 0.717) is 17.1 Å². The van der Waals surface area contributed by atoms with E-state index < -0.39 is 5.97 Å². The van der Waals surface area contributed by atoms with Crippen molar-refractivity contribution < 1.29 is 9.90 Å². The number of carboxylic acid groups (broad SMARTS) is 1. The predicted octanol–water partition coefficient (Wildman–Crippen LogP) is 2.24. The zero-order valence-electron chi connectivity index (χ0n) is 10.7. The summed E-state index contributed by atoms with van der Waals surface area (Å²) in [6, 6.07) is 1.57. The maximum Gasteiger partial charge on any atom is 0.337 e. The molecule has 0 saturated heterocycles. The number of hydrogen-bond donors (Lipinski definition) is 1. The Balaban J connectivity index is 2.21. The van der Waals surface area contributed by atoms with Crippen LogP contribution in [0.4, 0.5) is 0 Å². The highest BCUT2D eigenvalue weighted by Gasteiger charge is 2.12. The standard InChI is InChI=1S/C12H15BrN4O2/c1-8(2)4-17-11(14-7-15-17)6-16-5-9(12(18)19)3-10(16)13/h3,5,7-8H,4,6H2,1-2H3,(H,18,19). The lowest BCUT2D eigenvalue weighted by molar-refractivity contribution is 0.0697. The van der Waals surface area contributed by atoms with Crippen LogP contribution >= 0.6 is 15.9 Å². The van der Waals surface area contributed by atoms with Crippen molar-refractivity contribution in [2.75, 3.05) is 0 Å². The third-order valence-electron chi connectivity index (χ3n) is 2.64. The van der Waals surface area contributed by atoms with E-state index in [1.165, 1.54) is 6.33 Å². The van der Waals surface area contributed by atoms with Gasteiger partial charge in [0.15, 0.2) is 0 Å². The van der Waals surface area contributed by atoms with Gasteiger partial charge in [-0.2, -0.15) is 5.10 Å². The lowest BCUT2D eigenvalue weighted by atomic mass is 10.2. The van der Waals surface area contributed by atoms with Gasteiger partial charge in [0.2, 0.25) is 0 Å². The highest BCUT2D eigenvalue weighted by atomic mass is 79.9. The van der Waals surface area contributed by atoms with Crippen LogP contribution in [-0.4, -0.2) is 30.4 Å². The van der Waals surface area contributed by atoms with Crippen LogP contribution in [0.5, 0.6) is 0 Å². The molecule has 2 heterocycles. The van der Waals surface area contributed by atoms with Gasteiger partial charge in [-0.1, -0.05) is 13.8 Å². The van der Waals surface area contributed by atoms with Gasteiger partial charge in [0.1, 0.15) is 12.2 Å². The van der Waals surface area contributed by atoms with Gasteiger partial charge < -0.3 is 9.67 Å². The predicted molar refractivity (Wildman–Crippen MR) is 73.1 cm³/mol. The van der Waals surface area contributed by atoms with Crippen molar-refractivity contribution in [3.63, 3.8) is 0 Å². The smallest absolute Gasteiger partial charge is 0.337 e. The molecule has 7 heteroatoms. The van der Waals surface area contributed by atoms with Crippen molar-refractivity contribution >= 4 is 21.9 Å². The number of carbonyl (C=O) groups is 1. The van der Waals surface area contributed by atoms with Crippen LogP contribution in [-0.2, 0) is 13.1 Å². The maximum absolute atomic E-state index is 10.9. The minimum atomic E-state index is -0.942. The lowest BCUT2D eigenvalue weighted by Crippen LogP contribution is -2.13. The van der Waals surface area contributed by atoms with Gasteiger partial charge in [-0.15, -0.1) is 0 Å². The first-order chi connectivity index (χ1) is 8.97. The highest BCUT2D eigenvalue weighted by molar-refractivity contribution is 9.10. The molecule has 0 aromatic carbocycles. The number of carboxylic acids is 1. The second-order valence-corrected chi connectivity index (χ2v) is 5.55. The fraction of sp³-hybridized carbons (Fsp3) is 0.417. The molecule has 1 N–H and O–H groups in total. The van der Waals surface area contributed by atoms with Crippen molar-refractivity contribution in [1.29, 1.82) is 0 Å². The summed E-state index contributed by atoms with van der Waals surface area (Å²) >= 11 is 3.35. The van der Waals surface area contributed by atoms with E-state index in [0.717, 1.165) is 12.4 Å². The molecule has 0 aliphatic carbocycles. The summed E-state index contributed by atoms with van der Waals surface area (Å²) in [5, 5.41) is 13.1. The van der Waals surface area contributed by atoms with Gasteiger partial charge in [0.25, 0.3) is 0 Å². The molecule has 0 aliphatic rings. The molecule has 6 nitrogen and oxygen atoms in total. The summed E-state index contributed by atoms with van der Waals surface area (Å²) in [6.07, 6.45) is 3.11. The summed E-state index contributed by atoms with van der Waals surface area (Å²) in [4.78, 5) is 15.1. The molecule has 0 spiro atoms. The Morgan fingerprint density at radius 3 is 2.84 bits per heavy atom. The number of aromatic nitrogens is 4. The van der Waals surface area contributed by atoms with E-state index in [9.17, 15) is 4.79 Å².